The van der Waals surface area contributed by atoms with Gasteiger partial charge in [-0.15, -0.1) is 0 Å². The minimum absolute atomic E-state index is 0.0926. The van der Waals surface area contributed by atoms with Crippen molar-refractivity contribution < 1.29 is 32.8 Å². The fourth-order valence-electron chi connectivity index (χ4n) is 4.69. The van der Waals surface area contributed by atoms with Gasteiger partial charge in [-0.05, 0) is 70.6 Å². The molecule has 0 heterocycles. The van der Waals surface area contributed by atoms with E-state index in [9.17, 15) is 14.3 Å². The van der Waals surface area contributed by atoms with Crippen LogP contribution in [0, 0.1) is 0 Å². The Morgan fingerprint density at radius 2 is 1.17 bits per heavy atom. The lowest BCUT2D eigenvalue weighted by molar-refractivity contribution is -0.154. The maximum absolute atomic E-state index is 12.5. The van der Waals surface area contributed by atoms with Gasteiger partial charge in [0, 0.05) is 19.6 Å². The van der Waals surface area contributed by atoms with Crippen molar-refractivity contribution in [2.24, 2.45) is 5.73 Å². The van der Waals surface area contributed by atoms with Crippen molar-refractivity contribution in [2.45, 2.75) is 148 Å². The van der Waals surface area contributed by atoms with Gasteiger partial charge >= 0.3 is 13.8 Å². The van der Waals surface area contributed by atoms with Gasteiger partial charge < -0.3 is 20.1 Å². The molecule has 0 aliphatic heterocycles. The van der Waals surface area contributed by atoms with E-state index in [4.69, 9.17) is 24.3 Å². The number of hydrogen-bond donors (Lipinski definition) is 2. The molecule has 0 radical (unpaired) electrons. The molecule has 0 aliphatic rings. The average molecular weight is 696 g/mol. The van der Waals surface area contributed by atoms with Gasteiger partial charge in [-0.25, -0.2) is 4.57 Å². The molecule has 0 rings (SSSR count). The summed E-state index contributed by atoms with van der Waals surface area (Å²) in [6.07, 6.45) is 42.3. The van der Waals surface area contributed by atoms with Gasteiger partial charge in [0.25, 0.3) is 0 Å². The maximum atomic E-state index is 12.5. The van der Waals surface area contributed by atoms with Gasteiger partial charge in [0.2, 0.25) is 0 Å². The Morgan fingerprint density at radius 3 is 1.75 bits per heavy atom. The number of esters is 1. The fourth-order valence-corrected chi connectivity index (χ4v) is 5.46. The molecular weight excluding hydrogens is 625 g/mol. The highest BCUT2D eigenvalue weighted by Gasteiger charge is 2.25. The Hall–Kier alpha value is -1.80. The van der Waals surface area contributed by atoms with Crippen LogP contribution in [0.15, 0.2) is 60.8 Å². The highest BCUT2D eigenvalue weighted by Crippen LogP contribution is 2.43. The molecule has 0 aromatic heterocycles. The molecule has 3 N–H and O–H groups in total. The van der Waals surface area contributed by atoms with E-state index in [-0.39, 0.29) is 32.3 Å². The highest BCUT2D eigenvalue weighted by molar-refractivity contribution is 7.47. The molecule has 0 saturated heterocycles. The van der Waals surface area contributed by atoms with E-state index < -0.39 is 13.9 Å². The quantitative estimate of drug-likeness (QED) is 0.0291. The maximum Gasteiger partial charge on any atom is 0.472 e. The third kappa shape index (κ3) is 35.5. The highest BCUT2D eigenvalue weighted by atomic mass is 31.2. The van der Waals surface area contributed by atoms with E-state index in [1.54, 1.807) is 0 Å². The molecule has 0 aliphatic carbocycles. The smallest absolute Gasteiger partial charge is 0.457 e. The second-order valence-electron chi connectivity index (χ2n) is 12.1. The largest absolute Gasteiger partial charge is 0.472 e. The SMILES string of the molecule is CC/C=C\C/C=C\C/C=C\CCCCCCCCOCC(COP(=O)(O)OCCN)OC(=O)CCCCCCC/C=C\C/C=C\CCC. The Balaban J connectivity index is 4.15. The van der Waals surface area contributed by atoms with Crippen molar-refractivity contribution in [1.82, 2.24) is 0 Å². The fraction of sp³-hybridized carbons (Fsp3) is 0.718. The normalized spacial score (nSPS) is 14.3. The van der Waals surface area contributed by atoms with Gasteiger partial charge in [0.15, 0.2) is 0 Å². The van der Waals surface area contributed by atoms with Crippen LogP contribution in [0.1, 0.15) is 142 Å². The summed E-state index contributed by atoms with van der Waals surface area (Å²) >= 11 is 0. The third-order valence-corrected chi connectivity index (χ3v) is 8.38. The van der Waals surface area contributed by atoms with Crippen LogP contribution < -0.4 is 5.73 Å². The molecule has 0 saturated carbocycles. The van der Waals surface area contributed by atoms with Crippen molar-refractivity contribution in [3.63, 3.8) is 0 Å². The van der Waals surface area contributed by atoms with Crippen LogP contribution in [0.5, 0.6) is 0 Å². The summed E-state index contributed by atoms with van der Waals surface area (Å²) in [4.78, 5) is 22.4. The standard InChI is InChI=1S/C39H70NO7P/c1-3-5-7-9-11-13-15-17-18-19-21-23-25-27-29-31-34-44-36-38(37-46-48(42,43)45-35-33-40)47-39(41)32-30-28-26-24-22-20-16-14-12-10-8-6-4-2/h5,7-8,10-11,13-14,16-18,38H,3-4,6,9,12,15,19-37,40H2,1-2H3,(H,42,43)/b7-5-,10-8-,13-11-,16-14-,18-17-. The first-order valence-corrected chi connectivity index (χ1v) is 20.3. The lowest BCUT2D eigenvalue weighted by atomic mass is 10.1. The number of carbonyl (C=O) groups is 1. The monoisotopic (exact) mass is 695 g/mol. The molecule has 0 amide bonds. The van der Waals surface area contributed by atoms with E-state index in [1.807, 2.05) is 0 Å². The number of unbranched alkanes of at least 4 members (excludes halogenated alkanes) is 12. The van der Waals surface area contributed by atoms with Crippen molar-refractivity contribution >= 4 is 13.8 Å². The van der Waals surface area contributed by atoms with E-state index in [2.05, 4.69) is 74.6 Å². The number of nitrogens with two attached hydrogens (primary N) is 1. The molecule has 9 heteroatoms. The number of allylic oxidation sites excluding steroid dienone is 10. The van der Waals surface area contributed by atoms with Crippen LogP contribution in [-0.4, -0.2) is 49.9 Å². The molecule has 0 spiro atoms. The zero-order valence-corrected chi connectivity index (χ0v) is 31.3. The molecule has 278 valence electrons. The van der Waals surface area contributed by atoms with E-state index in [1.165, 1.54) is 25.7 Å². The van der Waals surface area contributed by atoms with Crippen molar-refractivity contribution in [2.75, 3.05) is 33.0 Å². The van der Waals surface area contributed by atoms with Crippen LogP contribution in [0.4, 0.5) is 0 Å². The van der Waals surface area contributed by atoms with Crippen molar-refractivity contribution in [3.8, 4) is 0 Å². The molecule has 48 heavy (non-hydrogen) atoms. The van der Waals surface area contributed by atoms with E-state index in [0.717, 1.165) is 96.3 Å². The molecule has 0 bridgehead atoms. The van der Waals surface area contributed by atoms with Crippen LogP contribution in [0.3, 0.4) is 0 Å². The summed E-state index contributed by atoms with van der Waals surface area (Å²) in [6.45, 7) is 4.67. The zero-order valence-electron chi connectivity index (χ0n) is 30.4. The number of rotatable bonds is 35. The first kappa shape index (κ1) is 46.2. The Labute approximate surface area is 293 Å². The average Bonchev–Trinajstić information content (AvgIpc) is 3.07. The summed E-state index contributed by atoms with van der Waals surface area (Å²) in [5.41, 5.74) is 5.35. The van der Waals surface area contributed by atoms with Crippen molar-refractivity contribution in [3.05, 3.63) is 60.8 Å². The predicted octanol–water partition coefficient (Wildman–Crippen LogP) is 10.6. The van der Waals surface area contributed by atoms with Gasteiger partial charge in [-0.3, -0.25) is 13.8 Å². The van der Waals surface area contributed by atoms with Crippen LogP contribution in [-0.2, 0) is 27.9 Å². The second kappa shape index (κ2) is 36.5. The number of hydrogen-bond acceptors (Lipinski definition) is 7. The zero-order chi connectivity index (χ0) is 35.2. The molecule has 0 aromatic rings. The summed E-state index contributed by atoms with van der Waals surface area (Å²) in [7, 11) is -4.28. The predicted molar refractivity (Wildman–Crippen MR) is 201 cm³/mol. The topological polar surface area (TPSA) is 117 Å². The molecule has 0 aromatic carbocycles. The summed E-state index contributed by atoms with van der Waals surface area (Å²) in [5, 5.41) is 0. The minimum Gasteiger partial charge on any atom is -0.457 e. The Bertz CT molecular complexity index is 916. The molecular formula is C39H70NO7P. The number of carbonyl (C=O) groups excluding carboxylic acids is 1. The Morgan fingerprint density at radius 1 is 0.646 bits per heavy atom. The van der Waals surface area contributed by atoms with Crippen LogP contribution in [0.25, 0.3) is 0 Å². The second-order valence-corrected chi connectivity index (χ2v) is 13.5. The number of ether oxygens (including phenoxy) is 2. The van der Waals surface area contributed by atoms with E-state index >= 15 is 0 Å². The first-order chi connectivity index (χ1) is 23.4. The number of phosphoric acid groups is 1. The lowest BCUT2D eigenvalue weighted by Crippen LogP contribution is -2.28. The van der Waals surface area contributed by atoms with Crippen LogP contribution >= 0.6 is 7.82 Å². The van der Waals surface area contributed by atoms with Gasteiger partial charge in [-0.1, -0.05) is 126 Å². The summed E-state index contributed by atoms with van der Waals surface area (Å²) < 4.78 is 33.3. The van der Waals surface area contributed by atoms with E-state index in [0.29, 0.717) is 13.0 Å². The van der Waals surface area contributed by atoms with Gasteiger partial charge in [-0.2, -0.15) is 0 Å². The molecule has 2 unspecified atom stereocenters. The Kier molecular flexibility index (Phi) is 35.1. The van der Waals surface area contributed by atoms with Gasteiger partial charge in [0.05, 0.1) is 19.8 Å². The van der Waals surface area contributed by atoms with Crippen LogP contribution in [0.2, 0.25) is 0 Å². The number of phosphoric ester groups is 1. The third-order valence-electron chi connectivity index (χ3n) is 7.40. The first-order valence-electron chi connectivity index (χ1n) is 18.8. The minimum atomic E-state index is -4.28. The molecule has 2 atom stereocenters. The lowest BCUT2D eigenvalue weighted by Gasteiger charge is -2.20. The summed E-state index contributed by atoms with van der Waals surface area (Å²) in [6, 6.07) is 0. The molecule has 0 fully saturated rings. The van der Waals surface area contributed by atoms with Gasteiger partial charge in [0.1, 0.15) is 6.10 Å². The molecule has 8 nitrogen and oxygen atoms in total. The van der Waals surface area contributed by atoms with Crippen molar-refractivity contribution in [1.29, 1.82) is 0 Å². The summed E-state index contributed by atoms with van der Waals surface area (Å²) in [5.74, 6) is -0.354.